The molecule has 4 N–H and O–H groups in total. The fraction of sp³-hybridized carbons (Fsp3) is 0.535. The zero-order valence-corrected chi connectivity index (χ0v) is 32.7. The summed E-state index contributed by atoms with van der Waals surface area (Å²) < 4.78 is 19.9. The standard InChI is InChI=1S/C43H55N3O7.BrH/c47-38-18-16-36(37-17-19-41(49)45-42(37)38)39(48)28-44-22-6-26-51-34-12-14-35(15-13-34)52-27-7-23-46-24-20-31(21-25-46)40(29-46)53-30-43(50,33-10-4-5-11-33)32-8-2-1-3-9-32;/h1-3,8-9,12-19,31,33,37,39-40,44,48,50H,4-7,10-11,20-30H2;1H/t31?,37?,39-,40-,43+,46?;/m1./s1. The molecule has 292 valence electrons. The molecule has 1 amide bonds. The first kappa shape index (κ1) is 40.3. The Kier molecular flexibility index (Phi) is 13.9. The summed E-state index contributed by atoms with van der Waals surface area (Å²) in [4.78, 5) is 15.5. The number of hydrogen-bond donors (Lipinski definition) is 4. The number of aliphatic hydroxyl groups is 3. The van der Waals surface area contributed by atoms with Gasteiger partial charge in [-0.25, -0.2) is 4.99 Å². The molecule has 4 atom stereocenters. The number of nitrogens with zero attached hydrogens (tertiary/aromatic N) is 2. The van der Waals surface area contributed by atoms with E-state index in [1.54, 1.807) is 12.2 Å². The number of allylic oxidation sites excluding steroid dienone is 4. The maximum atomic E-state index is 12.0. The fourth-order valence-corrected chi connectivity index (χ4v) is 9.15. The van der Waals surface area contributed by atoms with Gasteiger partial charge < -0.3 is 56.3 Å². The topological polar surface area (TPSA) is 130 Å². The molecule has 6 aliphatic rings. The van der Waals surface area contributed by atoms with Gasteiger partial charge in [-0.05, 0) is 73.2 Å². The van der Waals surface area contributed by atoms with Gasteiger partial charge in [0, 0.05) is 43.7 Å². The largest absolute Gasteiger partial charge is 1.00 e. The van der Waals surface area contributed by atoms with Gasteiger partial charge >= 0.3 is 0 Å². The van der Waals surface area contributed by atoms with Crippen molar-refractivity contribution in [2.75, 3.05) is 59.1 Å². The van der Waals surface area contributed by atoms with Crippen molar-refractivity contribution in [1.82, 2.24) is 5.32 Å². The van der Waals surface area contributed by atoms with Crippen LogP contribution in [-0.4, -0.2) is 103 Å². The molecule has 11 heteroatoms. The minimum Gasteiger partial charge on any atom is -1.00 e. The summed E-state index contributed by atoms with van der Waals surface area (Å²) in [6, 6.07) is 18.0. The number of quaternary nitrogens is 1. The summed E-state index contributed by atoms with van der Waals surface area (Å²) in [5.74, 6) is 1.62. The van der Waals surface area contributed by atoms with Crippen LogP contribution in [0.5, 0.6) is 11.5 Å². The Hall–Kier alpha value is -3.32. The van der Waals surface area contributed by atoms with Crippen LogP contribution in [0.3, 0.4) is 0 Å². The van der Waals surface area contributed by atoms with Gasteiger partial charge in [-0.15, -0.1) is 0 Å². The Bertz CT molecular complexity index is 1670. The molecule has 2 bridgehead atoms. The lowest BCUT2D eigenvalue weighted by Gasteiger charge is -2.53. The second-order valence-corrected chi connectivity index (χ2v) is 15.6. The SMILES string of the molecule is O=C1C=CC2C([C@H](O)CNCCCOc3ccc(OCCC[N+]45CCC(CC4)[C@H](OC[C@](O)(c4ccccc4)C4CCCC4)C5)cc3)=CC=C(O)C2=N1.[Br-]. The molecule has 2 aromatic rings. The second-order valence-electron chi connectivity index (χ2n) is 15.6. The first-order chi connectivity index (χ1) is 25.8. The number of carbonyl (C=O) groups is 1. The number of hydrogen-bond acceptors (Lipinski definition) is 8. The van der Waals surface area contributed by atoms with Gasteiger partial charge in [0.15, 0.2) is 0 Å². The molecule has 0 radical (unpaired) electrons. The molecule has 3 saturated heterocycles. The molecule has 4 heterocycles. The van der Waals surface area contributed by atoms with Crippen molar-refractivity contribution in [3.05, 3.63) is 95.8 Å². The number of ether oxygens (including phenoxy) is 3. The molecule has 1 unspecified atom stereocenters. The van der Waals surface area contributed by atoms with Crippen LogP contribution < -0.4 is 31.8 Å². The molecule has 1 saturated carbocycles. The quantitative estimate of drug-likeness (QED) is 0.134. The lowest BCUT2D eigenvalue weighted by atomic mass is 9.80. The summed E-state index contributed by atoms with van der Waals surface area (Å²) in [5.41, 5.74) is 1.06. The van der Waals surface area contributed by atoms with Crippen molar-refractivity contribution in [2.24, 2.45) is 22.7 Å². The van der Waals surface area contributed by atoms with E-state index in [0.29, 0.717) is 44.4 Å². The van der Waals surface area contributed by atoms with E-state index in [2.05, 4.69) is 22.4 Å². The third kappa shape index (κ3) is 9.54. The van der Waals surface area contributed by atoms with Crippen LogP contribution in [-0.2, 0) is 15.1 Å². The molecule has 4 aliphatic heterocycles. The number of amides is 1. The second kappa shape index (κ2) is 18.5. The first-order valence-electron chi connectivity index (χ1n) is 19.7. The summed E-state index contributed by atoms with van der Waals surface area (Å²) in [6.07, 6.45) is 14.3. The lowest BCUT2D eigenvalue weighted by Crippen LogP contribution is -3.00. The summed E-state index contributed by atoms with van der Waals surface area (Å²) in [7, 11) is 0. The van der Waals surface area contributed by atoms with E-state index in [1.165, 1.54) is 50.9 Å². The number of fused-ring (bicyclic) bond motifs is 4. The summed E-state index contributed by atoms with van der Waals surface area (Å²) in [5, 5.41) is 36.1. The molecule has 2 aliphatic carbocycles. The summed E-state index contributed by atoms with van der Waals surface area (Å²) in [6.45, 7) is 7.11. The van der Waals surface area contributed by atoms with E-state index in [4.69, 9.17) is 14.2 Å². The molecule has 0 aromatic heterocycles. The van der Waals surface area contributed by atoms with E-state index < -0.39 is 23.5 Å². The smallest absolute Gasteiger partial charge is 0.269 e. The number of carbonyl (C=O) groups excluding carboxylic acids is 1. The third-order valence-electron chi connectivity index (χ3n) is 12.2. The van der Waals surface area contributed by atoms with E-state index in [0.717, 1.165) is 60.3 Å². The van der Waals surface area contributed by atoms with Gasteiger partial charge in [-0.3, -0.25) is 4.79 Å². The van der Waals surface area contributed by atoms with Crippen LogP contribution in [0, 0.1) is 17.8 Å². The minimum absolute atomic E-state index is 0. The number of nitrogens with one attached hydrogen (secondary N) is 1. The Balaban J connectivity index is 0.00000497. The van der Waals surface area contributed by atoms with Crippen molar-refractivity contribution in [3.8, 4) is 11.5 Å². The molecule has 10 nitrogen and oxygen atoms in total. The number of halogens is 1. The fourth-order valence-electron chi connectivity index (χ4n) is 9.15. The molecule has 4 fully saturated rings. The van der Waals surface area contributed by atoms with E-state index in [-0.39, 0.29) is 40.5 Å². The third-order valence-corrected chi connectivity index (χ3v) is 12.2. The average molecular weight is 807 g/mol. The summed E-state index contributed by atoms with van der Waals surface area (Å²) >= 11 is 0. The van der Waals surface area contributed by atoms with Crippen molar-refractivity contribution < 1.29 is 55.8 Å². The lowest BCUT2D eigenvalue weighted by molar-refractivity contribution is -0.946. The van der Waals surface area contributed by atoms with Crippen LogP contribution in [0.2, 0.25) is 0 Å². The maximum Gasteiger partial charge on any atom is 0.269 e. The molecule has 54 heavy (non-hydrogen) atoms. The Morgan fingerprint density at radius 2 is 1.61 bits per heavy atom. The van der Waals surface area contributed by atoms with E-state index >= 15 is 0 Å². The van der Waals surface area contributed by atoms with Crippen LogP contribution in [0.4, 0.5) is 0 Å². The highest BCUT2D eigenvalue weighted by Gasteiger charge is 2.48. The molecule has 0 spiro atoms. The van der Waals surface area contributed by atoms with Gasteiger partial charge in [0.2, 0.25) is 0 Å². The predicted octanol–water partition coefficient (Wildman–Crippen LogP) is 2.42. The van der Waals surface area contributed by atoms with Crippen LogP contribution in [0.25, 0.3) is 0 Å². The van der Waals surface area contributed by atoms with E-state index in [9.17, 15) is 20.1 Å². The monoisotopic (exact) mass is 805 g/mol. The number of aliphatic hydroxyl groups excluding tert-OH is 2. The molecular weight excluding hydrogens is 750 g/mol. The van der Waals surface area contributed by atoms with Gasteiger partial charge in [-0.1, -0.05) is 55.3 Å². The predicted molar refractivity (Wildman–Crippen MR) is 204 cm³/mol. The Labute approximate surface area is 330 Å². The number of benzene rings is 2. The Morgan fingerprint density at radius 3 is 2.31 bits per heavy atom. The number of aliphatic imine (C=N–C) groups is 1. The van der Waals surface area contributed by atoms with E-state index in [1.807, 2.05) is 42.5 Å². The zero-order valence-electron chi connectivity index (χ0n) is 31.2. The molecule has 2 aromatic carbocycles. The zero-order chi connectivity index (χ0) is 36.7. The van der Waals surface area contributed by atoms with Gasteiger partial charge in [-0.2, -0.15) is 0 Å². The number of piperidine rings is 3. The molecule has 8 rings (SSSR count). The van der Waals surface area contributed by atoms with Gasteiger partial charge in [0.05, 0.1) is 51.3 Å². The van der Waals surface area contributed by atoms with Crippen molar-refractivity contribution >= 4 is 11.6 Å². The van der Waals surface area contributed by atoms with Crippen molar-refractivity contribution in [1.29, 1.82) is 0 Å². The van der Waals surface area contributed by atoms with Crippen LogP contribution >= 0.6 is 0 Å². The van der Waals surface area contributed by atoms with Gasteiger partial charge in [0.1, 0.15) is 35.5 Å². The number of dihydropyridines is 1. The highest BCUT2D eigenvalue weighted by molar-refractivity contribution is 6.13. The molecular formula is C43H56BrN3O7. The van der Waals surface area contributed by atoms with Crippen molar-refractivity contribution in [3.63, 3.8) is 0 Å². The Morgan fingerprint density at radius 1 is 0.926 bits per heavy atom. The average Bonchev–Trinajstić information content (AvgIpc) is 3.75. The minimum atomic E-state index is -0.914. The highest BCUT2D eigenvalue weighted by Crippen LogP contribution is 2.43. The normalized spacial score (nSPS) is 26.5. The first-order valence-corrected chi connectivity index (χ1v) is 19.7. The van der Waals surface area contributed by atoms with Crippen molar-refractivity contribution in [2.45, 2.75) is 69.2 Å². The maximum absolute atomic E-state index is 12.0. The van der Waals surface area contributed by atoms with Gasteiger partial charge in [0.25, 0.3) is 5.91 Å². The highest BCUT2D eigenvalue weighted by atomic mass is 79.9. The number of rotatable bonds is 18. The van der Waals surface area contributed by atoms with Crippen LogP contribution in [0.1, 0.15) is 56.9 Å². The van der Waals surface area contributed by atoms with Crippen LogP contribution in [0.15, 0.2) is 95.2 Å².